The van der Waals surface area contributed by atoms with Gasteiger partial charge in [0.25, 0.3) is 5.91 Å². The summed E-state index contributed by atoms with van der Waals surface area (Å²) in [6.45, 7) is 5.02. The number of anilines is 1. The van der Waals surface area contributed by atoms with Crippen molar-refractivity contribution in [3.8, 4) is 17.2 Å². The van der Waals surface area contributed by atoms with Crippen LogP contribution in [0.25, 0.3) is 0 Å². The first-order chi connectivity index (χ1) is 12.1. The van der Waals surface area contributed by atoms with Gasteiger partial charge in [-0.05, 0) is 53.5 Å². The summed E-state index contributed by atoms with van der Waals surface area (Å²) in [6, 6.07) is 10.7. The molecule has 0 saturated carbocycles. The lowest BCUT2D eigenvalue weighted by atomic mass is 10.1. The van der Waals surface area contributed by atoms with E-state index in [0.717, 1.165) is 6.42 Å². The molecule has 0 saturated heterocycles. The van der Waals surface area contributed by atoms with E-state index in [2.05, 4.69) is 21.2 Å². The van der Waals surface area contributed by atoms with Gasteiger partial charge in [0.1, 0.15) is 5.75 Å². The molecule has 6 heteroatoms. The number of hydrogen-bond donors (Lipinski definition) is 1. The number of ether oxygens (including phenoxy) is 3. The summed E-state index contributed by atoms with van der Waals surface area (Å²) in [5.41, 5.74) is 1.08. The Hall–Kier alpha value is -2.21. The fourth-order valence-corrected chi connectivity index (χ4v) is 2.80. The lowest BCUT2D eigenvalue weighted by molar-refractivity contribution is 0.102. The number of para-hydroxylation sites is 2. The largest absolute Gasteiger partial charge is 0.493 e. The summed E-state index contributed by atoms with van der Waals surface area (Å²) < 4.78 is 17.3. The molecule has 0 radical (unpaired) electrons. The van der Waals surface area contributed by atoms with E-state index in [0.29, 0.717) is 46.2 Å². The highest BCUT2D eigenvalue weighted by molar-refractivity contribution is 9.10. The summed E-state index contributed by atoms with van der Waals surface area (Å²) in [5.74, 6) is 1.47. The molecular weight excluding hydrogens is 386 g/mol. The monoisotopic (exact) mass is 407 g/mol. The number of carbonyl (C=O) groups excluding carboxylic acids is 1. The normalized spacial score (nSPS) is 10.2. The van der Waals surface area contributed by atoms with Crippen LogP contribution in [-0.2, 0) is 0 Å². The molecular formula is C19H22BrNO4. The van der Waals surface area contributed by atoms with Gasteiger partial charge in [-0.25, -0.2) is 0 Å². The van der Waals surface area contributed by atoms with Gasteiger partial charge in [-0.2, -0.15) is 0 Å². The van der Waals surface area contributed by atoms with Gasteiger partial charge in [0.05, 0.1) is 30.5 Å². The van der Waals surface area contributed by atoms with E-state index < -0.39 is 0 Å². The third-order valence-electron chi connectivity index (χ3n) is 3.38. The van der Waals surface area contributed by atoms with E-state index in [1.165, 1.54) is 0 Å². The molecule has 0 bridgehead atoms. The predicted octanol–water partition coefficient (Wildman–Crippen LogP) is 4.90. The maximum atomic E-state index is 12.6. The van der Waals surface area contributed by atoms with Crippen molar-refractivity contribution in [1.29, 1.82) is 0 Å². The minimum Gasteiger partial charge on any atom is -0.493 e. The molecule has 1 amide bonds. The van der Waals surface area contributed by atoms with Crippen LogP contribution in [0.1, 0.15) is 30.6 Å². The number of benzene rings is 2. The Morgan fingerprint density at radius 1 is 1.12 bits per heavy atom. The van der Waals surface area contributed by atoms with Crippen molar-refractivity contribution in [2.45, 2.75) is 20.3 Å². The van der Waals surface area contributed by atoms with Gasteiger partial charge in [0, 0.05) is 5.56 Å². The second-order valence-electron chi connectivity index (χ2n) is 5.22. The smallest absolute Gasteiger partial charge is 0.255 e. The topological polar surface area (TPSA) is 56.8 Å². The van der Waals surface area contributed by atoms with Crippen molar-refractivity contribution < 1.29 is 19.0 Å². The van der Waals surface area contributed by atoms with E-state index in [-0.39, 0.29) is 5.91 Å². The van der Waals surface area contributed by atoms with E-state index >= 15 is 0 Å². The van der Waals surface area contributed by atoms with Crippen LogP contribution in [0.4, 0.5) is 5.69 Å². The number of nitrogens with one attached hydrogen (secondary N) is 1. The second kappa shape index (κ2) is 9.32. The summed E-state index contributed by atoms with van der Waals surface area (Å²) in [5, 5.41) is 2.87. The van der Waals surface area contributed by atoms with E-state index in [1.54, 1.807) is 25.3 Å². The van der Waals surface area contributed by atoms with Crippen LogP contribution in [0.3, 0.4) is 0 Å². The van der Waals surface area contributed by atoms with E-state index in [1.807, 2.05) is 32.0 Å². The highest BCUT2D eigenvalue weighted by atomic mass is 79.9. The minimum atomic E-state index is -0.256. The molecule has 0 fully saturated rings. The van der Waals surface area contributed by atoms with Crippen molar-refractivity contribution in [1.82, 2.24) is 0 Å². The first-order valence-corrected chi connectivity index (χ1v) is 8.93. The molecule has 0 aliphatic carbocycles. The molecule has 0 aromatic heterocycles. The predicted molar refractivity (Wildman–Crippen MR) is 102 cm³/mol. The summed E-state index contributed by atoms with van der Waals surface area (Å²) in [7, 11) is 1.55. The van der Waals surface area contributed by atoms with Crippen molar-refractivity contribution in [3.63, 3.8) is 0 Å². The average molecular weight is 408 g/mol. The third-order valence-corrected chi connectivity index (χ3v) is 3.97. The summed E-state index contributed by atoms with van der Waals surface area (Å²) >= 11 is 3.45. The minimum absolute atomic E-state index is 0.256. The number of amides is 1. The Labute approximate surface area is 156 Å². The Morgan fingerprint density at radius 3 is 2.56 bits per heavy atom. The van der Waals surface area contributed by atoms with Crippen LogP contribution in [0.15, 0.2) is 40.9 Å². The molecule has 0 unspecified atom stereocenters. The fraction of sp³-hybridized carbons (Fsp3) is 0.316. The maximum absolute atomic E-state index is 12.6. The van der Waals surface area contributed by atoms with Gasteiger partial charge in [-0.1, -0.05) is 19.1 Å². The van der Waals surface area contributed by atoms with Crippen LogP contribution in [0.5, 0.6) is 17.2 Å². The second-order valence-corrected chi connectivity index (χ2v) is 6.08. The average Bonchev–Trinajstić information content (AvgIpc) is 2.61. The van der Waals surface area contributed by atoms with Gasteiger partial charge in [-0.3, -0.25) is 4.79 Å². The molecule has 5 nitrogen and oxygen atoms in total. The zero-order chi connectivity index (χ0) is 18.2. The van der Waals surface area contributed by atoms with Crippen molar-refractivity contribution in [2.24, 2.45) is 0 Å². The lowest BCUT2D eigenvalue weighted by Gasteiger charge is -2.15. The first kappa shape index (κ1) is 19.1. The number of rotatable bonds is 8. The van der Waals surface area contributed by atoms with Crippen LogP contribution < -0.4 is 19.5 Å². The van der Waals surface area contributed by atoms with Crippen LogP contribution in [0, 0.1) is 0 Å². The third kappa shape index (κ3) is 4.89. The van der Waals surface area contributed by atoms with Gasteiger partial charge in [0.2, 0.25) is 0 Å². The highest BCUT2D eigenvalue weighted by Crippen LogP contribution is 2.37. The molecule has 25 heavy (non-hydrogen) atoms. The Morgan fingerprint density at radius 2 is 1.88 bits per heavy atom. The molecule has 2 aromatic carbocycles. The maximum Gasteiger partial charge on any atom is 0.255 e. The van der Waals surface area contributed by atoms with Crippen molar-refractivity contribution >= 4 is 27.5 Å². The van der Waals surface area contributed by atoms with Gasteiger partial charge in [0.15, 0.2) is 11.5 Å². The van der Waals surface area contributed by atoms with Gasteiger partial charge in [-0.15, -0.1) is 0 Å². The van der Waals surface area contributed by atoms with Gasteiger partial charge < -0.3 is 19.5 Å². The molecule has 0 aliphatic rings. The Bertz CT molecular complexity index is 733. The zero-order valence-electron chi connectivity index (χ0n) is 14.6. The fourth-order valence-electron chi connectivity index (χ4n) is 2.24. The van der Waals surface area contributed by atoms with Crippen LogP contribution in [0.2, 0.25) is 0 Å². The lowest BCUT2D eigenvalue weighted by Crippen LogP contribution is -2.13. The molecule has 0 atom stereocenters. The number of halogens is 1. The Balaban J connectivity index is 2.26. The zero-order valence-corrected chi connectivity index (χ0v) is 16.2. The molecule has 134 valence electrons. The van der Waals surface area contributed by atoms with Crippen molar-refractivity contribution in [3.05, 3.63) is 46.4 Å². The number of hydrogen-bond acceptors (Lipinski definition) is 4. The quantitative estimate of drug-likeness (QED) is 0.675. The van der Waals surface area contributed by atoms with E-state index in [4.69, 9.17) is 14.2 Å². The number of carbonyl (C=O) groups is 1. The molecule has 2 rings (SSSR count). The summed E-state index contributed by atoms with van der Waals surface area (Å²) in [6.07, 6.45) is 0.881. The number of methoxy groups -OCH3 is 1. The SMILES string of the molecule is CCCOc1c(Br)cc(C(=O)Nc2ccccc2OCC)cc1OC. The first-order valence-electron chi connectivity index (χ1n) is 8.14. The summed E-state index contributed by atoms with van der Waals surface area (Å²) in [4.78, 5) is 12.6. The van der Waals surface area contributed by atoms with Crippen LogP contribution in [-0.4, -0.2) is 26.2 Å². The molecule has 0 aliphatic heterocycles. The Kier molecular flexibility index (Phi) is 7.13. The highest BCUT2D eigenvalue weighted by Gasteiger charge is 2.16. The molecule has 0 spiro atoms. The molecule has 0 heterocycles. The molecule has 2 aromatic rings. The standard InChI is InChI=1S/C19H22BrNO4/c1-4-10-25-18-14(20)11-13(12-17(18)23-3)19(22)21-15-8-6-7-9-16(15)24-5-2/h6-9,11-12H,4-5,10H2,1-3H3,(H,21,22). The molecule has 1 N–H and O–H groups in total. The van der Waals surface area contributed by atoms with E-state index in [9.17, 15) is 4.79 Å². The van der Waals surface area contributed by atoms with Gasteiger partial charge >= 0.3 is 0 Å². The van der Waals surface area contributed by atoms with Crippen LogP contribution >= 0.6 is 15.9 Å². The van der Waals surface area contributed by atoms with Crippen molar-refractivity contribution in [2.75, 3.05) is 25.6 Å².